The minimum Gasteiger partial charge on any atom is -0.359 e. The van der Waals surface area contributed by atoms with Gasteiger partial charge in [0.15, 0.2) is 11.5 Å². The van der Waals surface area contributed by atoms with Crippen molar-refractivity contribution >= 4 is 5.91 Å². The molecule has 6 nitrogen and oxygen atoms in total. The molecule has 0 spiro atoms. The van der Waals surface area contributed by atoms with Crippen LogP contribution < -0.4 is 0 Å². The van der Waals surface area contributed by atoms with E-state index in [1.54, 1.807) is 6.07 Å². The van der Waals surface area contributed by atoms with Gasteiger partial charge in [-0.2, -0.15) is 0 Å². The van der Waals surface area contributed by atoms with Gasteiger partial charge in [-0.3, -0.25) is 9.69 Å². The van der Waals surface area contributed by atoms with E-state index >= 15 is 0 Å². The molecule has 1 saturated heterocycles. The molecule has 1 atom stereocenters. The summed E-state index contributed by atoms with van der Waals surface area (Å²) in [5, 5.41) is 4.00. The van der Waals surface area contributed by atoms with Gasteiger partial charge in [0.05, 0.1) is 6.54 Å². The van der Waals surface area contributed by atoms with Crippen molar-refractivity contribution < 1.29 is 9.32 Å². The highest BCUT2D eigenvalue weighted by Gasteiger charge is 2.29. The molecule has 1 aliphatic heterocycles. The zero-order valence-electron chi connectivity index (χ0n) is 15.9. The molecule has 26 heavy (non-hydrogen) atoms. The third kappa shape index (κ3) is 4.71. The lowest BCUT2D eigenvalue weighted by molar-refractivity contribution is 0.0772. The van der Waals surface area contributed by atoms with Crippen LogP contribution in [-0.4, -0.2) is 72.6 Å². The van der Waals surface area contributed by atoms with Gasteiger partial charge in [-0.25, -0.2) is 0 Å². The molecule has 0 bridgehead atoms. The van der Waals surface area contributed by atoms with E-state index in [-0.39, 0.29) is 5.91 Å². The van der Waals surface area contributed by atoms with E-state index in [4.69, 9.17) is 4.52 Å². The minimum absolute atomic E-state index is 0.0312. The lowest BCUT2D eigenvalue weighted by Gasteiger charge is -2.19. The molecule has 1 amide bonds. The number of carbonyl (C=O) groups excluding carboxylic acids is 1. The predicted molar refractivity (Wildman–Crippen MR) is 101 cm³/mol. The number of aromatic nitrogens is 1. The van der Waals surface area contributed by atoms with Gasteiger partial charge in [-0.1, -0.05) is 35.5 Å². The first-order valence-corrected chi connectivity index (χ1v) is 9.16. The van der Waals surface area contributed by atoms with Crippen molar-refractivity contribution in [1.82, 2.24) is 19.9 Å². The highest BCUT2D eigenvalue weighted by atomic mass is 16.5. The van der Waals surface area contributed by atoms with Crippen molar-refractivity contribution in [3.63, 3.8) is 0 Å². The summed E-state index contributed by atoms with van der Waals surface area (Å²) in [4.78, 5) is 18.8. The fourth-order valence-corrected chi connectivity index (χ4v) is 3.31. The number of hydrogen-bond acceptors (Lipinski definition) is 5. The summed E-state index contributed by atoms with van der Waals surface area (Å²) in [5.74, 6) is 0.698. The van der Waals surface area contributed by atoms with Gasteiger partial charge in [-0.15, -0.1) is 0 Å². The second-order valence-electron chi connectivity index (χ2n) is 7.31. The van der Waals surface area contributed by atoms with E-state index in [2.05, 4.69) is 60.4 Å². The second kappa shape index (κ2) is 8.47. The Morgan fingerprint density at radius 3 is 2.73 bits per heavy atom. The van der Waals surface area contributed by atoms with Gasteiger partial charge in [0, 0.05) is 31.7 Å². The van der Waals surface area contributed by atoms with E-state index in [1.165, 1.54) is 5.56 Å². The summed E-state index contributed by atoms with van der Waals surface area (Å²) in [7, 11) is 6.16. The van der Waals surface area contributed by atoms with Crippen molar-refractivity contribution in [2.45, 2.75) is 25.4 Å². The Morgan fingerprint density at radius 2 is 2.04 bits per heavy atom. The molecule has 2 heterocycles. The Morgan fingerprint density at radius 1 is 1.27 bits per heavy atom. The quantitative estimate of drug-likeness (QED) is 0.761. The lowest BCUT2D eigenvalue weighted by Crippen LogP contribution is -2.34. The molecule has 0 aliphatic carbocycles. The standard InChI is InChI=1S/C20H28N4O2/c1-22(2)17-10-12-24(14-17)20(25)19-13-18(26-21-19)15-23(3)11-9-16-7-5-4-6-8-16/h4-8,13,17H,9-12,14-15H2,1-3H3/t17-/m0/s1. The van der Waals surface area contributed by atoms with Gasteiger partial charge >= 0.3 is 0 Å². The number of likely N-dealkylation sites (tertiary alicyclic amines) is 1. The Labute approximate surface area is 155 Å². The maximum atomic E-state index is 12.6. The number of benzene rings is 1. The third-order valence-electron chi connectivity index (χ3n) is 5.01. The molecule has 2 aromatic rings. The number of rotatable bonds is 7. The van der Waals surface area contributed by atoms with E-state index in [1.807, 2.05) is 11.0 Å². The van der Waals surface area contributed by atoms with Crippen LogP contribution >= 0.6 is 0 Å². The zero-order chi connectivity index (χ0) is 18.5. The van der Waals surface area contributed by atoms with E-state index in [9.17, 15) is 4.79 Å². The van der Waals surface area contributed by atoms with Crippen LogP contribution in [0.2, 0.25) is 0 Å². The first-order valence-electron chi connectivity index (χ1n) is 9.16. The highest BCUT2D eigenvalue weighted by Crippen LogP contribution is 2.17. The molecule has 1 aromatic carbocycles. The van der Waals surface area contributed by atoms with Crippen LogP contribution in [0.25, 0.3) is 0 Å². The molecule has 6 heteroatoms. The van der Waals surface area contributed by atoms with Crippen LogP contribution in [0.3, 0.4) is 0 Å². The third-order valence-corrected chi connectivity index (χ3v) is 5.01. The zero-order valence-corrected chi connectivity index (χ0v) is 15.9. The Bertz CT molecular complexity index is 714. The monoisotopic (exact) mass is 356 g/mol. The van der Waals surface area contributed by atoms with Crippen molar-refractivity contribution in [2.24, 2.45) is 0 Å². The second-order valence-corrected chi connectivity index (χ2v) is 7.31. The van der Waals surface area contributed by atoms with Crippen molar-refractivity contribution in [3.05, 3.63) is 53.4 Å². The fraction of sp³-hybridized carbons (Fsp3) is 0.500. The SMILES string of the molecule is CN(CCc1ccccc1)Cc1cc(C(=O)N2CC[C@H](N(C)C)C2)no1. The molecule has 0 saturated carbocycles. The summed E-state index contributed by atoms with van der Waals surface area (Å²) in [6.07, 6.45) is 1.99. The van der Waals surface area contributed by atoms with Crippen LogP contribution in [0.5, 0.6) is 0 Å². The lowest BCUT2D eigenvalue weighted by atomic mass is 10.1. The maximum absolute atomic E-state index is 12.6. The number of amides is 1. The molecular weight excluding hydrogens is 328 g/mol. The molecular formula is C20H28N4O2. The highest BCUT2D eigenvalue weighted by molar-refractivity contribution is 5.92. The summed E-state index contributed by atoms with van der Waals surface area (Å²) in [5.41, 5.74) is 1.73. The van der Waals surface area contributed by atoms with Crippen LogP contribution in [0.15, 0.2) is 40.9 Å². The normalized spacial score (nSPS) is 17.4. The molecule has 1 aromatic heterocycles. The van der Waals surface area contributed by atoms with Gasteiger partial charge in [0.2, 0.25) is 0 Å². The molecule has 1 aliphatic rings. The Kier molecular flexibility index (Phi) is 6.06. The Balaban J connectivity index is 1.50. The number of hydrogen-bond donors (Lipinski definition) is 0. The van der Waals surface area contributed by atoms with Crippen LogP contribution in [-0.2, 0) is 13.0 Å². The van der Waals surface area contributed by atoms with E-state index in [0.717, 1.165) is 38.2 Å². The van der Waals surface area contributed by atoms with Crippen LogP contribution in [0.4, 0.5) is 0 Å². The summed E-state index contributed by atoms with van der Waals surface area (Å²) < 4.78 is 5.39. The smallest absolute Gasteiger partial charge is 0.276 e. The first kappa shape index (κ1) is 18.6. The van der Waals surface area contributed by atoms with Gasteiger partial charge in [0.1, 0.15) is 0 Å². The largest absolute Gasteiger partial charge is 0.359 e. The number of likely N-dealkylation sites (N-methyl/N-ethyl adjacent to an activating group) is 2. The van der Waals surface area contributed by atoms with E-state index < -0.39 is 0 Å². The molecule has 140 valence electrons. The average Bonchev–Trinajstić information content (AvgIpc) is 3.30. The summed E-state index contributed by atoms with van der Waals surface area (Å²) >= 11 is 0. The fourth-order valence-electron chi connectivity index (χ4n) is 3.31. The van der Waals surface area contributed by atoms with Crippen LogP contribution in [0, 0.1) is 0 Å². The Hall–Kier alpha value is -2.18. The van der Waals surface area contributed by atoms with Gasteiger partial charge in [-0.05, 0) is 39.5 Å². The van der Waals surface area contributed by atoms with Crippen molar-refractivity contribution in [3.8, 4) is 0 Å². The molecule has 0 unspecified atom stereocenters. The summed E-state index contributed by atoms with van der Waals surface area (Å²) in [6, 6.07) is 12.6. The molecule has 0 radical (unpaired) electrons. The molecule has 3 rings (SSSR count). The first-order chi connectivity index (χ1) is 12.5. The van der Waals surface area contributed by atoms with Gasteiger partial charge < -0.3 is 14.3 Å². The van der Waals surface area contributed by atoms with Gasteiger partial charge in [0.25, 0.3) is 5.91 Å². The number of carbonyl (C=O) groups is 1. The average molecular weight is 356 g/mol. The molecule has 1 fully saturated rings. The molecule has 0 N–H and O–H groups in total. The van der Waals surface area contributed by atoms with E-state index in [0.29, 0.717) is 18.3 Å². The maximum Gasteiger partial charge on any atom is 0.276 e. The predicted octanol–water partition coefficient (Wildman–Crippen LogP) is 2.13. The van der Waals surface area contributed by atoms with Crippen molar-refractivity contribution in [1.29, 1.82) is 0 Å². The topological polar surface area (TPSA) is 52.8 Å². The van der Waals surface area contributed by atoms with Crippen molar-refractivity contribution in [2.75, 3.05) is 40.8 Å². The summed E-state index contributed by atoms with van der Waals surface area (Å²) in [6.45, 7) is 3.10. The minimum atomic E-state index is -0.0312. The number of nitrogens with zero attached hydrogens (tertiary/aromatic N) is 4. The van der Waals surface area contributed by atoms with Crippen LogP contribution in [0.1, 0.15) is 28.2 Å².